The maximum atomic E-state index is 5.99. The van der Waals surface area contributed by atoms with E-state index in [4.69, 9.17) is 5.73 Å². The molecule has 2 N–H and O–H groups in total. The molecule has 0 amide bonds. The quantitative estimate of drug-likeness (QED) is 0.771. The third-order valence-corrected chi connectivity index (χ3v) is 3.88. The number of nitrogen functional groups attached to an aromatic ring is 1. The second-order valence-corrected chi connectivity index (χ2v) is 4.89. The molecule has 2 unspecified atom stereocenters. The monoisotopic (exact) mass is 218 g/mol. The Hall–Kier alpha value is -1.18. The van der Waals surface area contributed by atoms with Gasteiger partial charge in [0.25, 0.3) is 0 Å². The summed E-state index contributed by atoms with van der Waals surface area (Å²) in [5.41, 5.74) is 9.46. The van der Waals surface area contributed by atoms with Gasteiger partial charge in [-0.05, 0) is 50.8 Å². The number of benzene rings is 1. The standard InChI is InChI=1S/C14H22N2/c1-4-12-9-8-10(2)16(12)14-7-5-6-13(15)11(14)3/h5-7,10,12H,4,8-9,15H2,1-3H3. The van der Waals surface area contributed by atoms with Crippen LogP contribution < -0.4 is 10.6 Å². The van der Waals surface area contributed by atoms with Gasteiger partial charge < -0.3 is 10.6 Å². The molecule has 1 aromatic carbocycles. The van der Waals surface area contributed by atoms with Crippen LogP contribution in [0.1, 0.15) is 38.7 Å². The van der Waals surface area contributed by atoms with E-state index in [1.54, 1.807) is 0 Å². The van der Waals surface area contributed by atoms with Crippen molar-refractivity contribution < 1.29 is 0 Å². The number of anilines is 2. The van der Waals surface area contributed by atoms with Crippen LogP contribution >= 0.6 is 0 Å². The largest absolute Gasteiger partial charge is 0.398 e. The highest BCUT2D eigenvalue weighted by Crippen LogP contribution is 2.35. The van der Waals surface area contributed by atoms with Gasteiger partial charge in [-0.15, -0.1) is 0 Å². The molecule has 1 aliphatic rings. The summed E-state index contributed by atoms with van der Waals surface area (Å²) in [5.74, 6) is 0. The van der Waals surface area contributed by atoms with Crippen LogP contribution in [0.4, 0.5) is 11.4 Å². The number of nitrogens with two attached hydrogens (primary N) is 1. The van der Waals surface area contributed by atoms with Crippen molar-refractivity contribution in [3.63, 3.8) is 0 Å². The van der Waals surface area contributed by atoms with Crippen molar-refractivity contribution in [2.45, 2.75) is 52.1 Å². The lowest BCUT2D eigenvalue weighted by atomic mass is 10.1. The average Bonchev–Trinajstić information content (AvgIpc) is 2.64. The molecule has 1 aromatic rings. The number of rotatable bonds is 2. The summed E-state index contributed by atoms with van der Waals surface area (Å²) in [7, 11) is 0. The minimum Gasteiger partial charge on any atom is -0.398 e. The zero-order valence-electron chi connectivity index (χ0n) is 10.5. The minimum atomic E-state index is 0.644. The normalized spacial score (nSPS) is 25.1. The summed E-state index contributed by atoms with van der Waals surface area (Å²) < 4.78 is 0. The van der Waals surface area contributed by atoms with Gasteiger partial charge in [0.1, 0.15) is 0 Å². The van der Waals surface area contributed by atoms with Crippen molar-refractivity contribution >= 4 is 11.4 Å². The second-order valence-electron chi connectivity index (χ2n) is 4.89. The Balaban J connectivity index is 2.38. The van der Waals surface area contributed by atoms with Crippen molar-refractivity contribution in [1.29, 1.82) is 0 Å². The molecule has 0 aromatic heterocycles. The maximum Gasteiger partial charge on any atom is 0.0421 e. The highest BCUT2D eigenvalue weighted by atomic mass is 15.2. The van der Waals surface area contributed by atoms with Crippen LogP contribution in [0.2, 0.25) is 0 Å². The number of hydrogen-bond donors (Lipinski definition) is 1. The van der Waals surface area contributed by atoms with E-state index in [1.807, 2.05) is 6.07 Å². The molecular formula is C14H22N2. The molecule has 2 atom stereocenters. The van der Waals surface area contributed by atoms with Gasteiger partial charge in [-0.25, -0.2) is 0 Å². The van der Waals surface area contributed by atoms with Crippen molar-refractivity contribution in [2.75, 3.05) is 10.6 Å². The molecule has 0 radical (unpaired) electrons. The highest BCUT2D eigenvalue weighted by Gasteiger charge is 2.30. The highest BCUT2D eigenvalue weighted by molar-refractivity contribution is 5.65. The van der Waals surface area contributed by atoms with Crippen LogP contribution in [0.15, 0.2) is 18.2 Å². The molecule has 1 saturated heterocycles. The Labute approximate surface area is 98.4 Å². The van der Waals surface area contributed by atoms with E-state index >= 15 is 0 Å². The molecule has 0 bridgehead atoms. The Morgan fingerprint density at radius 2 is 2.12 bits per heavy atom. The van der Waals surface area contributed by atoms with E-state index in [2.05, 4.69) is 37.8 Å². The first-order valence-corrected chi connectivity index (χ1v) is 6.28. The van der Waals surface area contributed by atoms with Crippen molar-refractivity contribution in [1.82, 2.24) is 0 Å². The summed E-state index contributed by atoms with van der Waals surface area (Å²) >= 11 is 0. The summed E-state index contributed by atoms with van der Waals surface area (Å²) in [4.78, 5) is 2.56. The van der Waals surface area contributed by atoms with Gasteiger partial charge in [-0.3, -0.25) is 0 Å². The van der Waals surface area contributed by atoms with Crippen LogP contribution in [0.5, 0.6) is 0 Å². The molecule has 2 heteroatoms. The topological polar surface area (TPSA) is 29.3 Å². The lowest BCUT2D eigenvalue weighted by molar-refractivity contribution is 0.627. The van der Waals surface area contributed by atoms with Crippen LogP contribution in [-0.4, -0.2) is 12.1 Å². The molecule has 0 aliphatic carbocycles. The lowest BCUT2D eigenvalue weighted by Gasteiger charge is -2.32. The first-order chi connectivity index (χ1) is 7.65. The third kappa shape index (κ3) is 1.77. The van der Waals surface area contributed by atoms with Crippen LogP contribution in [-0.2, 0) is 0 Å². The molecule has 1 aliphatic heterocycles. The zero-order valence-corrected chi connectivity index (χ0v) is 10.5. The SMILES string of the molecule is CCC1CCC(C)N1c1cccc(N)c1C. The van der Waals surface area contributed by atoms with Gasteiger partial charge in [-0.1, -0.05) is 13.0 Å². The number of nitrogens with zero attached hydrogens (tertiary/aromatic N) is 1. The van der Waals surface area contributed by atoms with E-state index < -0.39 is 0 Å². The summed E-state index contributed by atoms with van der Waals surface area (Å²) in [5, 5.41) is 0. The van der Waals surface area contributed by atoms with E-state index in [1.165, 1.54) is 30.5 Å². The van der Waals surface area contributed by atoms with Crippen LogP contribution in [0, 0.1) is 6.92 Å². The fraction of sp³-hybridized carbons (Fsp3) is 0.571. The summed E-state index contributed by atoms with van der Waals surface area (Å²) in [6.07, 6.45) is 3.83. The molecule has 1 fully saturated rings. The van der Waals surface area contributed by atoms with Gasteiger partial charge >= 0.3 is 0 Å². The minimum absolute atomic E-state index is 0.644. The smallest absolute Gasteiger partial charge is 0.0421 e. The van der Waals surface area contributed by atoms with Gasteiger partial charge in [0.05, 0.1) is 0 Å². The summed E-state index contributed by atoms with van der Waals surface area (Å²) in [6, 6.07) is 7.59. The Morgan fingerprint density at radius 3 is 2.81 bits per heavy atom. The van der Waals surface area contributed by atoms with Gasteiger partial charge in [0.15, 0.2) is 0 Å². The molecule has 2 rings (SSSR count). The fourth-order valence-electron chi connectivity index (χ4n) is 2.83. The zero-order chi connectivity index (χ0) is 11.7. The molecule has 1 heterocycles. The van der Waals surface area contributed by atoms with Gasteiger partial charge in [-0.2, -0.15) is 0 Å². The van der Waals surface area contributed by atoms with Gasteiger partial charge in [0, 0.05) is 23.5 Å². The van der Waals surface area contributed by atoms with E-state index in [0.717, 1.165) is 5.69 Å². The molecule has 16 heavy (non-hydrogen) atoms. The van der Waals surface area contributed by atoms with Gasteiger partial charge in [0.2, 0.25) is 0 Å². The average molecular weight is 218 g/mol. The predicted octanol–water partition coefficient (Wildman–Crippen LogP) is 3.34. The third-order valence-electron chi connectivity index (χ3n) is 3.88. The first kappa shape index (κ1) is 11.3. The lowest BCUT2D eigenvalue weighted by Crippen LogP contribution is -2.34. The van der Waals surface area contributed by atoms with E-state index in [-0.39, 0.29) is 0 Å². The van der Waals surface area contributed by atoms with Crippen molar-refractivity contribution in [2.24, 2.45) is 0 Å². The second kappa shape index (κ2) is 4.36. The molecular weight excluding hydrogens is 196 g/mol. The Kier molecular flexibility index (Phi) is 3.08. The molecule has 88 valence electrons. The fourth-order valence-corrected chi connectivity index (χ4v) is 2.83. The Morgan fingerprint density at radius 1 is 1.38 bits per heavy atom. The van der Waals surface area contributed by atoms with Crippen LogP contribution in [0.25, 0.3) is 0 Å². The van der Waals surface area contributed by atoms with E-state index in [9.17, 15) is 0 Å². The summed E-state index contributed by atoms with van der Waals surface area (Å²) in [6.45, 7) is 6.72. The number of hydrogen-bond acceptors (Lipinski definition) is 2. The predicted molar refractivity (Wildman–Crippen MR) is 70.8 cm³/mol. The van der Waals surface area contributed by atoms with Crippen LogP contribution in [0.3, 0.4) is 0 Å². The Bertz CT molecular complexity index is 373. The van der Waals surface area contributed by atoms with Crippen molar-refractivity contribution in [3.8, 4) is 0 Å². The molecule has 0 spiro atoms. The van der Waals surface area contributed by atoms with E-state index in [0.29, 0.717) is 12.1 Å². The maximum absolute atomic E-state index is 5.99. The molecule has 2 nitrogen and oxygen atoms in total. The molecule has 0 saturated carbocycles. The van der Waals surface area contributed by atoms with Crippen molar-refractivity contribution in [3.05, 3.63) is 23.8 Å². The first-order valence-electron chi connectivity index (χ1n) is 6.28.